The summed E-state index contributed by atoms with van der Waals surface area (Å²) < 4.78 is 16.1. The maximum absolute atomic E-state index is 13.8. The minimum absolute atomic E-state index is 0.332. The summed E-state index contributed by atoms with van der Waals surface area (Å²) in [5.41, 5.74) is -0.200. The van der Waals surface area contributed by atoms with E-state index in [1.165, 1.54) is 19.1 Å². The van der Waals surface area contributed by atoms with Crippen LogP contribution in [0.4, 0.5) is 5.69 Å². The van der Waals surface area contributed by atoms with Gasteiger partial charge >= 0.3 is 5.97 Å². The second kappa shape index (κ2) is 9.68. The van der Waals surface area contributed by atoms with Gasteiger partial charge in [-0.05, 0) is 36.6 Å². The van der Waals surface area contributed by atoms with E-state index in [0.29, 0.717) is 34.9 Å². The van der Waals surface area contributed by atoms with Crippen LogP contribution in [0, 0.1) is 11.8 Å². The highest BCUT2D eigenvalue weighted by molar-refractivity contribution is 7.98. The Hall–Kier alpha value is -3.04. The number of amides is 2. The number of thioether (sulfide) groups is 1. The summed E-state index contributed by atoms with van der Waals surface area (Å²) in [6.07, 6.45) is 2.26. The molecule has 2 aliphatic heterocycles. The van der Waals surface area contributed by atoms with Crippen molar-refractivity contribution in [2.24, 2.45) is 11.8 Å². The molecule has 0 bridgehead atoms. The standard InChI is InChI=1S/C25H28N2O6S/c1-31-16-10-11-17(18(14-16)32-2)21-19-20(25(26-21,12-13-34-4)24(30)33-3)23(29)27(22(19)28)15-8-6-5-7-9-15/h5-11,14,19-21,26H,12-13H2,1-4H3/t19-,20-,21-,25-/m1/s1. The van der Waals surface area contributed by atoms with E-state index in [2.05, 4.69) is 5.32 Å². The topological polar surface area (TPSA) is 94.2 Å². The Morgan fingerprint density at radius 2 is 1.79 bits per heavy atom. The van der Waals surface area contributed by atoms with E-state index in [1.807, 2.05) is 12.3 Å². The number of esters is 1. The first-order valence-corrected chi connectivity index (χ1v) is 12.3. The highest BCUT2D eigenvalue weighted by Crippen LogP contribution is 2.53. The molecule has 2 aromatic rings. The van der Waals surface area contributed by atoms with Crippen LogP contribution in [-0.2, 0) is 19.1 Å². The third-order valence-electron chi connectivity index (χ3n) is 6.69. The number of benzene rings is 2. The van der Waals surface area contributed by atoms with Crippen LogP contribution in [0.5, 0.6) is 11.5 Å². The zero-order chi connectivity index (χ0) is 24.5. The normalized spacial score (nSPS) is 25.9. The number of hydrogen-bond donors (Lipinski definition) is 1. The zero-order valence-electron chi connectivity index (χ0n) is 19.6. The van der Waals surface area contributed by atoms with Crippen molar-refractivity contribution in [2.45, 2.75) is 18.0 Å². The molecule has 2 fully saturated rings. The number of imide groups is 1. The molecule has 2 heterocycles. The molecule has 2 saturated heterocycles. The number of methoxy groups -OCH3 is 3. The molecule has 2 aliphatic rings. The number of rotatable bonds is 8. The first-order valence-electron chi connectivity index (χ1n) is 10.9. The van der Waals surface area contributed by atoms with Crippen molar-refractivity contribution >= 4 is 35.2 Å². The van der Waals surface area contributed by atoms with E-state index >= 15 is 0 Å². The number of hydrogen-bond acceptors (Lipinski definition) is 8. The van der Waals surface area contributed by atoms with E-state index in [9.17, 15) is 14.4 Å². The average molecular weight is 485 g/mol. The van der Waals surface area contributed by atoms with Crippen molar-refractivity contribution in [3.05, 3.63) is 54.1 Å². The third-order valence-corrected chi connectivity index (χ3v) is 7.31. The molecular weight excluding hydrogens is 456 g/mol. The van der Waals surface area contributed by atoms with E-state index in [1.54, 1.807) is 61.3 Å². The number of ether oxygens (including phenoxy) is 3. The van der Waals surface area contributed by atoms with Crippen molar-refractivity contribution in [3.63, 3.8) is 0 Å². The lowest BCUT2D eigenvalue weighted by Gasteiger charge is -2.32. The van der Waals surface area contributed by atoms with Crippen molar-refractivity contribution in [1.82, 2.24) is 5.32 Å². The Morgan fingerprint density at radius 3 is 2.41 bits per heavy atom. The first-order chi connectivity index (χ1) is 16.4. The van der Waals surface area contributed by atoms with Gasteiger partial charge in [0, 0.05) is 17.7 Å². The van der Waals surface area contributed by atoms with Gasteiger partial charge in [-0.2, -0.15) is 11.8 Å². The van der Waals surface area contributed by atoms with Gasteiger partial charge in [0.25, 0.3) is 0 Å². The molecule has 2 amide bonds. The zero-order valence-corrected chi connectivity index (χ0v) is 20.4. The van der Waals surface area contributed by atoms with Gasteiger partial charge in [0.15, 0.2) is 0 Å². The van der Waals surface area contributed by atoms with Crippen LogP contribution in [0.15, 0.2) is 48.5 Å². The summed E-state index contributed by atoms with van der Waals surface area (Å²) in [7, 11) is 4.39. The van der Waals surface area contributed by atoms with Crippen LogP contribution in [0.1, 0.15) is 18.0 Å². The smallest absolute Gasteiger partial charge is 0.326 e. The van der Waals surface area contributed by atoms with Gasteiger partial charge in [0.2, 0.25) is 11.8 Å². The maximum Gasteiger partial charge on any atom is 0.326 e. The molecule has 180 valence electrons. The van der Waals surface area contributed by atoms with Crippen LogP contribution >= 0.6 is 11.8 Å². The Labute approximate surface area is 202 Å². The van der Waals surface area contributed by atoms with Gasteiger partial charge in [-0.25, -0.2) is 4.90 Å². The summed E-state index contributed by atoms with van der Waals surface area (Å²) in [5.74, 6) is -1.35. The molecule has 0 saturated carbocycles. The van der Waals surface area contributed by atoms with E-state index in [0.717, 1.165) is 0 Å². The second-order valence-electron chi connectivity index (χ2n) is 8.29. The molecule has 0 radical (unpaired) electrons. The minimum Gasteiger partial charge on any atom is -0.497 e. The van der Waals surface area contributed by atoms with Crippen molar-refractivity contribution in [3.8, 4) is 11.5 Å². The number of para-hydroxylation sites is 1. The summed E-state index contributed by atoms with van der Waals surface area (Å²) >= 11 is 1.56. The SMILES string of the molecule is COC(=O)[C@]1(CCSC)N[C@H](c2ccc(OC)cc2OC)[C@@H]2C(=O)N(c3ccccc3)C(=O)[C@@H]21. The van der Waals surface area contributed by atoms with Crippen LogP contribution in [0.3, 0.4) is 0 Å². The number of carbonyl (C=O) groups is 3. The fourth-order valence-corrected chi connectivity index (χ4v) is 5.67. The molecule has 2 aromatic carbocycles. The van der Waals surface area contributed by atoms with Crippen molar-refractivity contribution < 1.29 is 28.6 Å². The fraction of sp³-hybridized carbons (Fsp3) is 0.400. The number of nitrogens with zero attached hydrogens (tertiary/aromatic N) is 1. The lowest BCUT2D eigenvalue weighted by atomic mass is 9.77. The van der Waals surface area contributed by atoms with E-state index < -0.39 is 35.3 Å². The summed E-state index contributed by atoms with van der Waals surface area (Å²) in [5, 5.41) is 3.38. The van der Waals surface area contributed by atoms with Crippen LogP contribution in [-0.4, -0.2) is 56.7 Å². The second-order valence-corrected chi connectivity index (χ2v) is 9.27. The maximum atomic E-state index is 13.8. The minimum atomic E-state index is -1.35. The number of nitrogens with one attached hydrogen (secondary N) is 1. The third kappa shape index (κ3) is 3.73. The molecule has 34 heavy (non-hydrogen) atoms. The van der Waals surface area contributed by atoms with Gasteiger partial charge in [0.05, 0.1) is 38.9 Å². The van der Waals surface area contributed by atoms with Crippen LogP contribution in [0.2, 0.25) is 0 Å². The first kappa shape index (κ1) is 24.1. The van der Waals surface area contributed by atoms with Gasteiger partial charge in [0.1, 0.15) is 17.0 Å². The summed E-state index contributed by atoms with van der Waals surface area (Å²) in [6, 6.07) is 13.4. The molecule has 0 unspecified atom stereocenters. The Kier molecular flexibility index (Phi) is 6.86. The monoisotopic (exact) mass is 484 g/mol. The molecule has 8 nitrogen and oxygen atoms in total. The van der Waals surface area contributed by atoms with Crippen LogP contribution < -0.4 is 19.7 Å². The number of fused-ring (bicyclic) bond motifs is 1. The van der Waals surface area contributed by atoms with Crippen molar-refractivity contribution in [2.75, 3.05) is 38.2 Å². The van der Waals surface area contributed by atoms with Gasteiger partial charge in [-0.1, -0.05) is 24.3 Å². The molecular formula is C25H28N2O6S. The molecule has 4 rings (SSSR count). The lowest BCUT2D eigenvalue weighted by Crippen LogP contribution is -2.56. The van der Waals surface area contributed by atoms with E-state index in [4.69, 9.17) is 14.2 Å². The predicted molar refractivity (Wildman–Crippen MR) is 129 cm³/mol. The molecule has 9 heteroatoms. The average Bonchev–Trinajstić information content (AvgIpc) is 3.36. The summed E-state index contributed by atoms with van der Waals surface area (Å²) in [4.78, 5) is 42.1. The molecule has 0 aromatic heterocycles. The molecule has 0 spiro atoms. The summed E-state index contributed by atoms with van der Waals surface area (Å²) in [6.45, 7) is 0. The highest BCUT2D eigenvalue weighted by Gasteiger charge is 2.69. The molecule has 4 atom stereocenters. The highest BCUT2D eigenvalue weighted by atomic mass is 32.2. The Bertz CT molecular complexity index is 1090. The van der Waals surface area contributed by atoms with Gasteiger partial charge < -0.3 is 14.2 Å². The van der Waals surface area contributed by atoms with Crippen LogP contribution in [0.25, 0.3) is 0 Å². The van der Waals surface area contributed by atoms with Gasteiger partial charge in [-0.15, -0.1) is 0 Å². The van der Waals surface area contributed by atoms with Gasteiger partial charge in [-0.3, -0.25) is 19.7 Å². The lowest BCUT2D eigenvalue weighted by molar-refractivity contribution is -0.152. The fourth-order valence-electron chi connectivity index (χ4n) is 5.14. The molecule has 1 N–H and O–H groups in total. The number of carbonyl (C=O) groups excluding carboxylic acids is 3. The Balaban J connectivity index is 1.89. The largest absolute Gasteiger partial charge is 0.497 e. The molecule has 0 aliphatic carbocycles. The van der Waals surface area contributed by atoms with Crippen molar-refractivity contribution in [1.29, 1.82) is 0 Å². The quantitative estimate of drug-likeness (QED) is 0.452. The Morgan fingerprint density at radius 1 is 1.06 bits per heavy atom. The van der Waals surface area contributed by atoms with E-state index in [-0.39, 0.29) is 5.91 Å². The predicted octanol–water partition coefficient (Wildman–Crippen LogP) is 2.82. The number of anilines is 1.